The first-order valence-electron chi connectivity index (χ1n) is 6.85. The van der Waals surface area contributed by atoms with E-state index in [9.17, 15) is 9.59 Å². The maximum atomic E-state index is 11.9. The van der Waals surface area contributed by atoms with Crippen molar-refractivity contribution in [3.05, 3.63) is 29.8 Å². The smallest absolute Gasteiger partial charge is 0.408 e. The molecule has 0 aliphatic heterocycles. The Morgan fingerprint density at radius 2 is 1.86 bits per heavy atom. The molecule has 116 valence electrons. The molecule has 0 aromatic heterocycles. The first-order valence-corrected chi connectivity index (χ1v) is 8.08. The average molecular weight is 309 g/mol. The third-order valence-electron chi connectivity index (χ3n) is 2.89. The number of hydrogen-bond donors (Lipinski definition) is 1. The molecule has 21 heavy (non-hydrogen) atoms. The topological polar surface area (TPSA) is 55.4 Å². The van der Waals surface area contributed by atoms with Crippen LogP contribution in [0, 0.1) is 5.92 Å². The number of hydrogen-bond acceptors (Lipinski definition) is 4. The van der Waals surface area contributed by atoms with Crippen LogP contribution in [0.25, 0.3) is 0 Å². The predicted octanol–water partition coefficient (Wildman–Crippen LogP) is 3.81. The Balaban J connectivity index is 2.89. The number of amides is 1. The van der Waals surface area contributed by atoms with E-state index < -0.39 is 17.7 Å². The average Bonchev–Trinajstić information content (AvgIpc) is 2.42. The molecule has 1 amide bonds. The molecule has 0 spiro atoms. The summed E-state index contributed by atoms with van der Waals surface area (Å²) in [4.78, 5) is 24.2. The fourth-order valence-electron chi connectivity index (χ4n) is 1.84. The van der Waals surface area contributed by atoms with E-state index in [1.54, 1.807) is 39.5 Å². The van der Waals surface area contributed by atoms with Crippen LogP contribution in [0.4, 0.5) is 4.79 Å². The van der Waals surface area contributed by atoms with Gasteiger partial charge in [0.2, 0.25) is 0 Å². The van der Waals surface area contributed by atoms with Gasteiger partial charge in [0.25, 0.3) is 0 Å². The SMILES string of the molecule is CSc1ccc([C@@H](NC(=O)OC(C)(C)C)[C@H](C)C=O)cc1. The molecular weight excluding hydrogens is 286 g/mol. The molecule has 2 atom stereocenters. The maximum absolute atomic E-state index is 11.9. The van der Waals surface area contributed by atoms with Crippen LogP contribution in [0.5, 0.6) is 0 Å². The van der Waals surface area contributed by atoms with Gasteiger partial charge in [0, 0.05) is 10.8 Å². The van der Waals surface area contributed by atoms with Gasteiger partial charge in [-0.3, -0.25) is 0 Å². The maximum Gasteiger partial charge on any atom is 0.408 e. The van der Waals surface area contributed by atoms with E-state index in [4.69, 9.17) is 4.74 Å². The van der Waals surface area contributed by atoms with Gasteiger partial charge in [-0.05, 0) is 44.7 Å². The lowest BCUT2D eigenvalue weighted by Gasteiger charge is -2.25. The van der Waals surface area contributed by atoms with Gasteiger partial charge in [-0.25, -0.2) is 4.79 Å². The fraction of sp³-hybridized carbons (Fsp3) is 0.500. The van der Waals surface area contributed by atoms with Gasteiger partial charge in [-0.15, -0.1) is 11.8 Å². The molecular formula is C16H23NO3S. The van der Waals surface area contributed by atoms with Crippen LogP contribution in [0.3, 0.4) is 0 Å². The minimum Gasteiger partial charge on any atom is -0.444 e. The Bertz CT molecular complexity index is 479. The molecule has 0 heterocycles. The van der Waals surface area contributed by atoms with Crippen molar-refractivity contribution in [3.8, 4) is 0 Å². The highest BCUT2D eigenvalue weighted by Crippen LogP contribution is 2.24. The first kappa shape index (κ1) is 17.6. The Morgan fingerprint density at radius 3 is 2.29 bits per heavy atom. The highest BCUT2D eigenvalue weighted by Gasteiger charge is 2.24. The number of rotatable bonds is 5. The van der Waals surface area contributed by atoms with Crippen LogP contribution in [-0.4, -0.2) is 24.2 Å². The van der Waals surface area contributed by atoms with Gasteiger partial charge in [0.15, 0.2) is 0 Å². The van der Waals surface area contributed by atoms with E-state index in [0.717, 1.165) is 16.7 Å². The van der Waals surface area contributed by atoms with E-state index in [1.807, 2.05) is 30.5 Å². The summed E-state index contributed by atoms with van der Waals surface area (Å²) in [6, 6.07) is 7.40. The Hall–Kier alpha value is -1.49. The molecule has 1 N–H and O–H groups in total. The molecule has 0 unspecified atom stereocenters. The number of alkyl carbamates (subject to hydrolysis) is 1. The van der Waals surface area contributed by atoms with Crippen LogP contribution in [0.15, 0.2) is 29.2 Å². The van der Waals surface area contributed by atoms with E-state index in [-0.39, 0.29) is 5.92 Å². The van der Waals surface area contributed by atoms with Gasteiger partial charge < -0.3 is 14.8 Å². The molecule has 0 saturated heterocycles. The summed E-state index contributed by atoms with van der Waals surface area (Å²) in [6.07, 6.45) is 2.32. The molecule has 1 aromatic carbocycles. The number of benzene rings is 1. The number of aldehydes is 1. The van der Waals surface area contributed by atoms with Crippen LogP contribution < -0.4 is 5.32 Å². The third-order valence-corrected chi connectivity index (χ3v) is 3.63. The van der Waals surface area contributed by atoms with Crippen molar-refractivity contribution < 1.29 is 14.3 Å². The van der Waals surface area contributed by atoms with Crippen molar-refractivity contribution in [1.82, 2.24) is 5.32 Å². The standard InChI is InChI=1S/C16H23NO3S/c1-11(10-18)14(17-15(19)20-16(2,3)4)12-6-8-13(21-5)9-7-12/h6-11,14H,1-5H3,(H,17,19)/t11-,14+/m1/s1. The van der Waals surface area contributed by atoms with Gasteiger partial charge in [0.05, 0.1) is 6.04 Å². The monoisotopic (exact) mass is 309 g/mol. The van der Waals surface area contributed by atoms with E-state index in [0.29, 0.717) is 0 Å². The highest BCUT2D eigenvalue weighted by molar-refractivity contribution is 7.98. The lowest BCUT2D eigenvalue weighted by atomic mass is 9.96. The molecule has 4 nitrogen and oxygen atoms in total. The normalized spacial score (nSPS) is 14.1. The third kappa shape index (κ3) is 5.79. The summed E-state index contributed by atoms with van der Waals surface area (Å²) in [5.41, 5.74) is 0.320. The van der Waals surface area contributed by atoms with Crippen molar-refractivity contribution in [2.45, 2.75) is 44.2 Å². The zero-order valence-corrected chi connectivity index (χ0v) is 14.0. The van der Waals surface area contributed by atoms with Gasteiger partial charge >= 0.3 is 6.09 Å². The molecule has 0 bridgehead atoms. The molecule has 0 aliphatic rings. The number of carbonyl (C=O) groups excluding carboxylic acids is 2. The Kier molecular flexibility index (Phi) is 6.27. The minimum absolute atomic E-state index is 0.336. The second-order valence-corrected chi connectivity index (χ2v) is 6.77. The second kappa shape index (κ2) is 7.50. The summed E-state index contributed by atoms with van der Waals surface area (Å²) in [7, 11) is 0. The fourth-order valence-corrected chi connectivity index (χ4v) is 2.25. The highest BCUT2D eigenvalue weighted by atomic mass is 32.2. The quantitative estimate of drug-likeness (QED) is 0.664. The number of thioether (sulfide) groups is 1. The predicted molar refractivity (Wildman–Crippen MR) is 85.6 cm³/mol. The number of nitrogens with one attached hydrogen (secondary N) is 1. The minimum atomic E-state index is -0.568. The van der Waals surface area contributed by atoms with E-state index in [2.05, 4.69) is 5.32 Å². The van der Waals surface area contributed by atoms with Crippen molar-refractivity contribution in [3.63, 3.8) is 0 Å². The molecule has 5 heteroatoms. The number of ether oxygens (including phenoxy) is 1. The van der Waals surface area contributed by atoms with Crippen LogP contribution in [0.1, 0.15) is 39.3 Å². The van der Waals surface area contributed by atoms with Crippen LogP contribution in [-0.2, 0) is 9.53 Å². The summed E-state index contributed by atoms with van der Waals surface area (Å²) >= 11 is 1.64. The summed E-state index contributed by atoms with van der Waals surface area (Å²) in [5.74, 6) is -0.336. The van der Waals surface area contributed by atoms with Gasteiger partial charge in [0.1, 0.15) is 11.9 Å². The molecule has 0 radical (unpaired) electrons. The van der Waals surface area contributed by atoms with Crippen molar-refractivity contribution in [2.75, 3.05) is 6.26 Å². The van der Waals surface area contributed by atoms with Crippen molar-refractivity contribution >= 4 is 24.1 Å². The summed E-state index contributed by atoms with van der Waals surface area (Å²) in [6.45, 7) is 7.19. The van der Waals surface area contributed by atoms with Gasteiger partial charge in [-0.2, -0.15) is 0 Å². The largest absolute Gasteiger partial charge is 0.444 e. The number of carbonyl (C=O) groups is 2. The molecule has 1 aromatic rings. The van der Waals surface area contributed by atoms with Gasteiger partial charge in [-0.1, -0.05) is 19.1 Å². The molecule has 0 saturated carbocycles. The molecule has 1 rings (SSSR count). The zero-order valence-electron chi connectivity index (χ0n) is 13.2. The summed E-state index contributed by atoms with van der Waals surface area (Å²) in [5, 5.41) is 2.78. The van der Waals surface area contributed by atoms with Crippen molar-refractivity contribution in [1.29, 1.82) is 0 Å². The van der Waals surface area contributed by atoms with E-state index >= 15 is 0 Å². The first-order chi connectivity index (χ1) is 9.76. The Labute approximate surface area is 130 Å². The zero-order chi connectivity index (χ0) is 16.0. The van der Waals surface area contributed by atoms with Crippen LogP contribution >= 0.6 is 11.8 Å². The Morgan fingerprint density at radius 1 is 1.29 bits per heavy atom. The summed E-state index contributed by atoms with van der Waals surface area (Å²) < 4.78 is 5.26. The lowest BCUT2D eigenvalue weighted by Crippen LogP contribution is -2.37. The molecule has 0 fully saturated rings. The van der Waals surface area contributed by atoms with Crippen molar-refractivity contribution in [2.24, 2.45) is 5.92 Å². The lowest BCUT2D eigenvalue weighted by molar-refractivity contribution is -0.111. The second-order valence-electron chi connectivity index (χ2n) is 5.89. The van der Waals surface area contributed by atoms with E-state index in [1.165, 1.54) is 0 Å². The van der Waals surface area contributed by atoms with Crippen LogP contribution in [0.2, 0.25) is 0 Å². The molecule has 0 aliphatic carbocycles.